The molecule has 0 radical (unpaired) electrons. The van der Waals surface area contributed by atoms with Crippen molar-refractivity contribution in [2.45, 2.75) is 12.5 Å². The van der Waals surface area contributed by atoms with E-state index in [0.717, 1.165) is 26.2 Å². The Bertz CT molecular complexity index is 1080. The first kappa shape index (κ1) is 24.4. The largest absolute Gasteiger partial charge is 0.481 e. The van der Waals surface area contributed by atoms with Gasteiger partial charge in [0.2, 0.25) is 0 Å². The summed E-state index contributed by atoms with van der Waals surface area (Å²) in [6, 6.07) is 15.7. The molecule has 184 valence electrons. The van der Waals surface area contributed by atoms with Crippen molar-refractivity contribution in [2.75, 3.05) is 50.7 Å². The van der Waals surface area contributed by atoms with Crippen LogP contribution in [0.4, 0.5) is 10.5 Å². The second-order valence-corrected chi connectivity index (χ2v) is 8.62. The fourth-order valence-corrected chi connectivity index (χ4v) is 4.20. The fraction of sp³-hybridized carbons (Fsp3) is 0.360. The predicted molar refractivity (Wildman–Crippen MR) is 131 cm³/mol. The Morgan fingerprint density at radius 1 is 0.971 bits per heavy atom. The number of carboxylic acid groups (broad SMARTS) is 1. The Kier molecular flexibility index (Phi) is 7.74. The molecule has 1 unspecified atom stereocenters. The van der Waals surface area contributed by atoms with Crippen molar-refractivity contribution in [2.24, 2.45) is 10.7 Å². The molecule has 2 amide bonds. The van der Waals surface area contributed by atoms with Crippen molar-refractivity contribution in [3.05, 3.63) is 65.7 Å². The van der Waals surface area contributed by atoms with E-state index in [2.05, 4.69) is 14.8 Å². The van der Waals surface area contributed by atoms with E-state index in [9.17, 15) is 14.4 Å². The molecule has 0 aromatic heterocycles. The average Bonchev–Trinajstić information content (AvgIpc) is 3.23. The van der Waals surface area contributed by atoms with Crippen LogP contribution in [0.5, 0.6) is 0 Å². The summed E-state index contributed by atoms with van der Waals surface area (Å²) in [6.45, 7) is 4.85. The number of amides is 2. The van der Waals surface area contributed by atoms with Crippen LogP contribution in [-0.2, 0) is 9.53 Å². The highest BCUT2D eigenvalue weighted by atomic mass is 16.6. The molecule has 4 rings (SSSR count). The van der Waals surface area contributed by atoms with Crippen molar-refractivity contribution in [3.8, 4) is 0 Å². The summed E-state index contributed by atoms with van der Waals surface area (Å²) < 4.78 is 5.58. The molecule has 0 spiro atoms. The van der Waals surface area contributed by atoms with Gasteiger partial charge in [0.25, 0.3) is 5.91 Å². The lowest BCUT2D eigenvalue weighted by atomic mass is 10.1. The number of rotatable bonds is 8. The van der Waals surface area contributed by atoms with E-state index in [0.29, 0.717) is 36.4 Å². The number of carbonyl (C=O) groups is 3. The highest BCUT2D eigenvalue weighted by Crippen LogP contribution is 2.23. The number of piperazine rings is 1. The second kappa shape index (κ2) is 11.1. The number of aliphatic imine (C=N–C) groups is 1. The predicted octanol–water partition coefficient (Wildman–Crippen LogP) is 1.65. The van der Waals surface area contributed by atoms with Gasteiger partial charge in [0, 0.05) is 56.1 Å². The molecule has 35 heavy (non-hydrogen) atoms. The summed E-state index contributed by atoms with van der Waals surface area (Å²) in [5.74, 6) is -1.09. The number of nitrogens with two attached hydrogens (primary N) is 1. The van der Waals surface area contributed by atoms with Gasteiger partial charge in [-0.15, -0.1) is 0 Å². The molecule has 2 fully saturated rings. The molecule has 0 saturated carbocycles. The molecule has 2 aromatic carbocycles. The van der Waals surface area contributed by atoms with Gasteiger partial charge in [0.1, 0.15) is 11.9 Å². The lowest BCUT2D eigenvalue weighted by molar-refractivity contribution is -0.137. The average molecular weight is 480 g/mol. The first-order chi connectivity index (χ1) is 16.9. The third-order valence-electron chi connectivity index (χ3n) is 6.16. The standard InChI is InChI=1S/C25H29N5O5/c26-23(27-24(33)19-4-2-1-3-5-19)18-6-8-20(9-7-18)30-17-21(35-25(30)34)16-29-14-12-28(13-15-29)11-10-22(31)32/h1-9,21H,10-17H2,(H,31,32)(H2,26,27,33). The lowest BCUT2D eigenvalue weighted by Gasteiger charge is -2.35. The van der Waals surface area contributed by atoms with Crippen molar-refractivity contribution >= 4 is 29.5 Å². The topological polar surface area (TPSA) is 129 Å². The highest BCUT2D eigenvalue weighted by Gasteiger charge is 2.34. The molecule has 2 aliphatic rings. The van der Waals surface area contributed by atoms with Crippen LogP contribution in [0.25, 0.3) is 0 Å². The number of carboxylic acids is 1. The summed E-state index contributed by atoms with van der Waals surface area (Å²) in [5, 5.41) is 8.83. The quantitative estimate of drug-likeness (QED) is 0.432. The van der Waals surface area contributed by atoms with Gasteiger partial charge in [-0.1, -0.05) is 18.2 Å². The van der Waals surface area contributed by atoms with Gasteiger partial charge in [-0.3, -0.25) is 19.4 Å². The summed E-state index contributed by atoms with van der Waals surface area (Å²) in [6.07, 6.45) is -0.499. The van der Waals surface area contributed by atoms with Gasteiger partial charge in [-0.05, 0) is 36.4 Å². The molecule has 0 aliphatic carbocycles. The van der Waals surface area contributed by atoms with Gasteiger partial charge >= 0.3 is 12.1 Å². The third-order valence-corrected chi connectivity index (χ3v) is 6.16. The van der Waals surface area contributed by atoms with E-state index >= 15 is 0 Å². The maximum Gasteiger partial charge on any atom is 0.414 e. The van der Waals surface area contributed by atoms with Gasteiger partial charge in [0.15, 0.2) is 0 Å². The Labute approximate surface area is 203 Å². The monoisotopic (exact) mass is 479 g/mol. The number of cyclic esters (lactones) is 1. The Balaban J connectivity index is 1.30. The van der Waals surface area contributed by atoms with Crippen LogP contribution in [-0.4, -0.2) is 90.6 Å². The van der Waals surface area contributed by atoms with Gasteiger partial charge < -0.3 is 20.5 Å². The van der Waals surface area contributed by atoms with E-state index in [1.165, 1.54) is 0 Å². The van der Waals surface area contributed by atoms with Crippen LogP contribution >= 0.6 is 0 Å². The molecule has 1 atom stereocenters. The molecule has 2 aliphatic heterocycles. The molecular weight excluding hydrogens is 450 g/mol. The number of hydrogen-bond donors (Lipinski definition) is 2. The zero-order chi connectivity index (χ0) is 24.8. The van der Waals surface area contributed by atoms with Crippen LogP contribution in [0, 0.1) is 0 Å². The number of benzene rings is 2. The van der Waals surface area contributed by atoms with Crippen LogP contribution in [0.3, 0.4) is 0 Å². The summed E-state index contributed by atoms with van der Waals surface area (Å²) in [5.41, 5.74) is 7.75. The minimum Gasteiger partial charge on any atom is -0.481 e. The number of nitrogens with zero attached hydrogens (tertiary/aromatic N) is 4. The molecule has 2 aromatic rings. The maximum atomic E-state index is 12.5. The van der Waals surface area contributed by atoms with Gasteiger partial charge in [0.05, 0.1) is 13.0 Å². The number of anilines is 1. The van der Waals surface area contributed by atoms with Crippen molar-refractivity contribution < 1.29 is 24.2 Å². The molecular formula is C25H29N5O5. The molecule has 2 saturated heterocycles. The molecule has 10 heteroatoms. The van der Waals surface area contributed by atoms with Crippen LogP contribution in [0.15, 0.2) is 59.6 Å². The number of carbonyl (C=O) groups excluding carboxylic acids is 2. The number of ether oxygens (including phenoxy) is 1. The van der Waals surface area contributed by atoms with Crippen molar-refractivity contribution in [1.29, 1.82) is 0 Å². The summed E-state index contributed by atoms with van der Waals surface area (Å²) in [4.78, 5) is 45.4. The molecule has 2 heterocycles. The maximum absolute atomic E-state index is 12.5. The SMILES string of the molecule is NC(=NC(=O)c1ccccc1)c1ccc(N2CC(CN3CCN(CCC(=O)O)CC3)OC2=O)cc1. The lowest BCUT2D eigenvalue weighted by Crippen LogP contribution is -2.49. The van der Waals surface area contributed by atoms with Crippen molar-refractivity contribution in [3.63, 3.8) is 0 Å². The highest BCUT2D eigenvalue weighted by molar-refractivity contribution is 6.08. The van der Waals surface area contributed by atoms with E-state index in [-0.39, 0.29) is 18.4 Å². The van der Waals surface area contributed by atoms with Gasteiger partial charge in [-0.25, -0.2) is 4.79 Å². The molecule has 0 bridgehead atoms. The Morgan fingerprint density at radius 2 is 1.63 bits per heavy atom. The number of amidine groups is 1. The first-order valence-corrected chi connectivity index (χ1v) is 11.6. The fourth-order valence-electron chi connectivity index (χ4n) is 4.20. The van der Waals surface area contributed by atoms with Crippen molar-refractivity contribution in [1.82, 2.24) is 9.80 Å². The second-order valence-electron chi connectivity index (χ2n) is 8.62. The normalized spacial score (nSPS) is 19.5. The minimum absolute atomic E-state index is 0.106. The van der Waals surface area contributed by atoms with Crippen LogP contribution in [0.2, 0.25) is 0 Å². The van der Waals surface area contributed by atoms with Crippen LogP contribution < -0.4 is 10.6 Å². The zero-order valence-corrected chi connectivity index (χ0v) is 19.4. The zero-order valence-electron chi connectivity index (χ0n) is 19.4. The Hall–Kier alpha value is -3.76. The summed E-state index contributed by atoms with van der Waals surface area (Å²) >= 11 is 0. The van der Waals surface area contributed by atoms with Gasteiger partial charge in [-0.2, -0.15) is 4.99 Å². The molecule has 3 N–H and O–H groups in total. The third kappa shape index (κ3) is 6.43. The van der Waals surface area contributed by atoms with E-state index in [4.69, 9.17) is 15.6 Å². The summed E-state index contributed by atoms with van der Waals surface area (Å²) in [7, 11) is 0. The van der Waals surface area contributed by atoms with E-state index < -0.39 is 18.0 Å². The van der Waals surface area contributed by atoms with E-state index in [1.54, 1.807) is 53.4 Å². The Morgan fingerprint density at radius 3 is 2.29 bits per heavy atom. The molecule has 10 nitrogen and oxygen atoms in total. The number of aliphatic carboxylic acids is 1. The van der Waals surface area contributed by atoms with E-state index in [1.807, 2.05) is 6.07 Å². The minimum atomic E-state index is -0.783. The van der Waals surface area contributed by atoms with Crippen LogP contribution in [0.1, 0.15) is 22.3 Å². The smallest absolute Gasteiger partial charge is 0.414 e. The number of hydrogen-bond acceptors (Lipinski definition) is 6. The first-order valence-electron chi connectivity index (χ1n) is 11.6.